The summed E-state index contributed by atoms with van der Waals surface area (Å²) in [5, 5.41) is 15.8. The second kappa shape index (κ2) is 11.8. The molecule has 8 heteroatoms. The van der Waals surface area contributed by atoms with Crippen LogP contribution in [0.15, 0.2) is 66.0 Å². The summed E-state index contributed by atoms with van der Waals surface area (Å²) in [4.78, 5) is 14.5. The number of carbonyl (C=O) groups is 1. The van der Waals surface area contributed by atoms with Crippen LogP contribution in [0.5, 0.6) is 0 Å². The summed E-state index contributed by atoms with van der Waals surface area (Å²) in [6.45, 7) is 4.93. The number of morpholine rings is 1. The molecule has 0 bridgehead atoms. The third-order valence-corrected chi connectivity index (χ3v) is 4.93. The van der Waals surface area contributed by atoms with Gasteiger partial charge < -0.3 is 20.1 Å². The second-order valence-electron chi connectivity index (χ2n) is 7.31. The molecule has 1 fully saturated rings. The zero-order valence-electron chi connectivity index (χ0n) is 18.0. The van der Waals surface area contributed by atoms with Crippen molar-refractivity contribution < 1.29 is 18.7 Å². The molecule has 2 aromatic carbocycles. The molecule has 2 N–H and O–H groups in total. The molecule has 1 aliphatic heterocycles. The summed E-state index contributed by atoms with van der Waals surface area (Å²) in [5.74, 6) is -0.669. The molecule has 0 aromatic heterocycles. The Labute approximate surface area is 187 Å². The number of rotatable bonds is 9. The number of hydrogen-bond donors (Lipinski definition) is 2. The predicted molar refractivity (Wildman–Crippen MR) is 119 cm³/mol. The Morgan fingerprint density at radius 3 is 2.69 bits per heavy atom. The van der Waals surface area contributed by atoms with Gasteiger partial charge in [0.05, 0.1) is 19.3 Å². The lowest BCUT2D eigenvalue weighted by Crippen LogP contribution is -2.46. The first kappa shape index (κ1) is 23.3. The smallest absolute Gasteiger partial charge is 0.352 e. The molecular weight excluding hydrogens is 411 g/mol. The van der Waals surface area contributed by atoms with Crippen LogP contribution in [0.2, 0.25) is 0 Å². The Morgan fingerprint density at radius 1 is 1.25 bits per heavy atom. The number of para-hydroxylation sites is 1. The lowest BCUT2D eigenvalue weighted by atomic mass is 10.2. The molecule has 0 aliphatic carbocycles. The maximum absolute atomic E-state index is 13.2. The zero-order chi connectivity index (χ0) is 22.8. The second-order valence-corrected chi connectivity index (χ2v) is 7.31. The predicted octanol–water partition coefficient (Wildman–Crippen LogP) is 3.03. The van der Waals surface area contributed by atoms with Crippen LogP contribution in [0.4, 0.5) is 10.1 Å². The topological polar surface area (TPSA) is 86.6 Å². The molecule has 1 aliphatic rings. The van der Waals surface area contributed by atoms with Crippen molar-refractivity contribution in [2.45, 2.75) is 19.6 Å². The first-order valence-electron chi connectivity index (χ1n) is 10.5. The van der Waals surface area contributed by atoms with E-state index >= 15 is 0 Å². The number of esters is 1. The van der Waals surface area contributed by atoms with Crippen LogP contribution in [0, 0.1) is 17.1 Å². The number of nitriles is 1. The minimum Gasteiger partial charge on any atom is -0.462 e. The van der Waals surface area contributed by atoms with Crippen molar-refractivity contribution in [3.05, 3.63) is 77.4 Å². The number of nitrogens with one attached hydrogen (secondary N) is 2. The van der Waals surface area contributed by atoms with Crippen molar-refractivity contribution >= 4 is 11.7 Å². The molecule has 0 spiro atoms. The van der Waals surface area contributed by atoms with Crippen LogP contribution in [0.25, 0.3) is 0 Å². The van der Waals surface area contributed by atoms with E-state index in [1.54, 1.807) is 19.1 Å². The van der Waals surface area contributed by atoms with Crippen LogP contribution in [-0.4, -0.2) is 49.8 Å². The highest BCUT2D eigenvalue weighted by molar-refractivity contribution is 5.94. The molecule has 3 rings (SSSR count). The Bertz CT molecular complexity index is 957. The fourth-order valence-corrected chi connectivity index (χ4v) is 3.38. The highest BCUT2D eigenvalue weighted by atomic mass is 19.1. The molecular formula is C24H27FN4O3. The van der Waals surface area contributed by atoms with Gasteiger partial charge in [-0.05, 0) is 36.8 Å². The number of ether oxygens (including phenoxy) is 2. The maximum atomic E-state index is 13.2. The summed E-state index contributed by atoms with van der Waals surface area (Å²) < 4.78 is 24.1. The molecule has 1 saturated heterocycles. The van der Waals surface area contributed by atoms with Gasteiger partial charge in [0.15, 0.2) is 5.57 Å². The van der Waals surface area contributed by atoms with Gasteiger partial charge >= 0.3 is 5.97 Å². The van der Waals surface area contributed by atoms with Crippen LogP contribution >= 0.6 is 0 Å². The normalized spacial score (nSPS) is 17.1. The van der Waals surface area contributed by atoms with Crippen LogP contribution in [-0.2, 0) is 20.8 Å². The van der Waals surface area contributed by atoms with Gasteiger partial charge in [-0.15, -0.1) is 0 Å². The van der Waals surface area contributed by atoms with Crippen molar-refractivity contribution in [3.8, 4) is 6.07 Å². The highest BCUT2D eigenvalue weighted by Crippen LogP contribution is 2.14. The van der Waals surface area contributed by atoms with Gasteiger partial charge in [-0.3, -0.25) is 4.90 Å². The van der Waals surface area contributed by atoms with Gasteiger partial charge in [-0.25, -0.2) is 9.18 Å². The van der Waals surface area contributed by atoms with Crippen molar-refractivity contribution in [3.63, 3.8) is 0 Å². The zero-order valence-corrected chi connectivity index (χ0v) is 18.0. The third kappa shape index (κ3) is 6.80. The van der Waals surface area contributed by atoms with E-state index in [1.807, 2.05) is 36.4 Å². The Morgan fingerprint density at radius 2 is 2.00 bits per heavy atom. The maximum Gasteiger partial charge on any atom is 0.352 e. The quantitative estimate of drug-likeness (QED) is 0.354. The number of carbonyl (C=O) groups excluding carboxylic acids is 1. The summed E-state index contributed by atoms with van der Waals surface area (Å²) in [6, 6.07) is 17.7. The number of anilines is 1. The van der Waals surface area contributed by atoms with Crippen molar-refractivity contribution in [2.75, 3.05) is 38.2 Å². The highest BCUT2D eigenvalue weighted by Gasteiger charge is 2.23. The average molecular weight is 439 g/mol. The summed E-state index contributed by atoms with van der Waals surface area (Å²) in [7, 11) is 0. The van der Waals surface area contributed by atoms with Gasteiger partial charge in [0.2, 0.25) is 0 Å². The van der Waals surface area contributed by atoms with E-state index in [2.05, 4.69) is 15.5 Å². The minimum atomic E-state index is -0.691. The van der Waals surface area contributed by atoms with E-state index in [1.165, 1.54) is 12.1 Å². The Kier molecular flexibility index (Phi) is 8.61. The molecule has 7 nitrogen and oxygen atoms in total. The number of benzene rings is 2. The van der Waals surface area contributed by atoms with Gasteiger partial charge in [-0.1, -0.05) is 30.3 Å². The van der Waals surface area contributed by atoms with Crippen LogP contribution in [0.1, 0.15) is 12.5 Å². The molecule has 168 valence electrons. The summed E-state index contributed by atoms with van der Waals surface area (Å²) in [6.07, 6.45) is -0.154. The van der Waals surface area contributed by atoms with E-state index < -0.39 is 5.97 Å². The monoisotopic (exact) mass is 438 g/mol. The number of nitrogens with zero attached hydrogens (tertiary/aromatic N) is 2. The molecule has 32 heavy (non-hydrogen) atoms. The van der Waals surface area contributed by atoms with E-state index in [9.17, 15) is 14.4 Å². The number of halogens is 1. The van der Waals surface area contributed by atoms with E-state index in [0.717, 1.165) is 17.8 Å². The minimum absolute atomic E-state index is 0.130. The fourth-order valence-electron chi connectivity index (χ4n) is 3.38. The van der Waals surface area contributed by atoms with E-state index in [-0.39, 0.29) is 29.9 Å². The number of hydrogen-bond acceptors (Lipinski definition) is 7. The first-order valence-corrected chi connectivity index (χ1v) is 10.5. The van der Waals surface area contributed by atoms with Gasteiger partial charge in [0.1, 0.15) is 17.7 Å². The average Bonchev–Trinajstić information content (AvgIpc) is 2.80. The largest absolute Gasteiger partial charge is 0.462 e. The first-order chi connectivity index (χ1) is 15.6. The summed E-state index contributed by atoms with van der Waals surface area (Å²) in [5.41, 5.74) is 1.63. The fraction of sp³-hybridized carbons (Fsp3) is 0.333. The van der Waals surface area contributed by atoms with Gasteiger partial charge in [-0.2, -0.15) is 5.26 Å². The molecule has 0 radical (unpaired) electrons. The van der Waals surface area contributed by atoms with Gasteiger partial charge in [0.25, 0.3) is 0 Å². The van der Waals surface area contributed by atoms with E-state index in [0.29, 0.717) is 26.2 Å². The van der Waals surface area contributed by atoms with Crippen molar-refractivity contribution in [2.24, 2.45) is 0 Å². The molecule has 0 saturated carbocycles. The van der Waals surface area contributed by atoms with Crippen molar-refractivity contribution in [1.82, 2.24) is 10.2 Å². The molecule has 1 atom stereocenters. The SMILES string of the molecule is CCOC(=O)C(C#N)=C(NCC1CN(Cc2ccc(F)cc2)CCO1)Nc1ccccc1. The molecule has 0 amide bonds. The van der Waals surface area contributed by atoms with E-state index in [4.69, 9.17) is 9.47 Å². The Hall–Kier alpha value is -3.41. The third-order valence-electron chi connectivity index (χ3n) is 4.93. The lowest BCUT2D eigenvalue weighted by Gasteiger charge is -2.33. The standard InChI is InChI=1S/C24H27FN4O3/c1-2-31-24(30)22(14-26)23(28-20-6-4-3-5-7-20)27-15-21-17-29(12-13-32-21)16-18-8-10-19(25)11-9-18/h3-11,21,27-28H,2,12-13,15-17H2,1H3. The van der Waals surface area contributed by atoms with Crippen molar-refractivity contribution in [1.29, 1.82) is 5.26 Å². The lowest BCUT2D eigenvalue weighted by molar-refractivity contribution is -0.138. The molecule has 1 unspecified atom stereocenters. The van der Waals surface area contributed by atoms with Gasteiger partial charge in [0, 0.05) is 31.9 Å². The Balaban J connectivity index is 1.67. The molecule has 2 aromatic rings. The van der Waals surface area contributed by atoms with Crippen LogP contribution < -0.4 is 10.6 Å². The molecule has 1 heterocycles. The van der Waals surface area contributed by atoms with Crippen LogP contribution in [0.3, 0.4) is 0 Å². The summed E-state index contributed by atoms with van der Waals surface area (Å²) >= 11 is 0.